The highest BCUT2D eigenvalue weighted by Crippen LogP contribution is 2.15. The molecule has 1 atom stereocenters. The first-order valence-electron chi connectivity index (χ1n) is 5.41. The Labute approximate surface area is 99.6 Å². The summed E-state index contributed by atoms with van der Waals surface area (Å²) >= 11 is 1.65. The number of hydrogen-bond donors (Lipinski definition) is 1. The molecule has 16 heavy (non-hydrogen) atoms. The van der Waals surface area contributed by atoms with E-state index < -0.39 is 0 Å². The van der Waals surface area contributed by atoms with Crippen LogP contribution in [-0.2, 0) is 12.8 Å². The van der Waals surface area contributed by atoms with Crippen molar-refractivity contribution in [2.45, 2.75) is 12.8 Å². The lowest BCUT2D eigenvalue weighted by Crippen LogP contribution is -2.12. The predicted octanol–water partition coefficient (Wildman–Crippen LogP) is 2.54. The first-order valence-corrected chi connectivity index (χ1v) is 6.29. The summed E-state index contributed by atoms with van der Waals surface area (Å²) in [7, 11) is 0. The number of aromatic nitrogens is 1. The molecule has 0 fully saturated rings. The van der Waals surface area contributed by atoms with Crippen molar-refractivity contribution in [1.29, 1.82) is 0 Å². The van der Waals surface area contributed by atoms with Gasteiger partial charge in [-0.05, 0) is 17.9 Å². The molecule has 0 aliphatic rings. The molecule has 2 rings (SSSR count). The van der Waals surface area contributed by atoms with Crippen LogP contribution in [0.2, 0.25) is 0 Å². The Morgan fingerprint density at radius 1 is 1.19 bits per heavy atom. The van der Waals surface area contributed by atoms with Crippen LogP contribution in [0.3, 0.4) is 0 Å². The molecule has 84 valence electrons. The van der Waals surface area contributed by atoms with Gasteiger partial charge < -0.3 is 5.11 Å². The van der Waals surface area contributed by atoms with E-state index in [2.05, 4.69) is 17.1 Å². The third kappa shape index (κ3) is 3.15. The van der Waals surface area contributed by atoms with E-state index >= 15 is 0 Å². The number of rotatable bonds is 5. The van der Waals surface area contributed by atoms with Crippen LogP contribution in [0, 0.1) is 5.92 Å². The van der Waals surface area contributed by atoms with Crippen molar-refractivity contribution in [3.8, 4) is 0 Å². The number of aliphatic hydroxyl groups excluding tert-OH is 1. The first-order chi connectivity index (χ1) is 7.88. The van der Waals surface area contributed by atoms with Gasteiger partial charge in [0.2, 0.25) is 0 Å². The molecule has 0 saturated heterocycles. The molecule has 1 N–H and O–H groups in total. The summed E-state index contributed by atoms with van der Waals surface area (Å²) in [6, 6.07) is 10.3. The van der Waals surface area contributed by atoms with Crippen LogP contribution in [0.1, 0.15) is 10.6 Å². The fourth-order valence-corrected chi connectivity index (χ4v) is 2.48. The standard InChI is InChI=1S/C13H15NOS/c15-10-12(9-13-14-6-7-16-13)8-11-4-2-1-3-5-11/h1-7,12,15H,8-10H2. The van der Waals surface area contributed by atoms with E-state index in [0.29, 0.717) is 0 Å². The Kier molecular flexibility index (Phi) is 4.08. The molecule has 0 aliphatic carbocycles. The van der Waals surface area contributed by atoms with Crippen LogP contribution in [0.4, 0.5) is 0 Å². The van der Waals surface area contributed by atoms with Gasteiger partial charge in [-0.25, -0.2) is 4.98 Å². The maximum absolute atomic E-state index is 9.36. The van der Waals surface area contributed by atoms with Gasteiger partial charge in [0, 0.05) is 24.6 Å². The quantitative estimate of drug-likeness (QED) is 0.861. The van der Waals surface area contributed by atoms with E-state index in [1.165, 1.54) is 5.56 Å². The average Bonchev–Trinajstić information content (AvgIpc) is 2.82. The molecule has 0 bridgehead atoms. The first kappa shape index (κ1) is 11.3. The molecule has 1 unspecified atom stereocenters. The van der Waals surface area contributed by atoms with Gasteiger partial charge in [-0.1, -0.05) is 30.3 Å². The number of thiazole rings is 1. The van der Waals surface area contributed by atoms with E-state index in [0.717, 1.165) is 17.8 Å². The second kappa shape index (κ2) is 5.77. The molecule has 0 aliphatic heterocycles. The number of hydrogen-bond acceptors (Lipinski definition) is 3. The van der Waals surface area contributed by atoms with E-state index in [1.54, 1.807) is 11.3 Å². The molecule has 1 heterocycles. The van der Waals surface area contributed by atoms with Crippen molar-refractivity contribution in [1.82, 2.24) is 4.98 Å². The predicted molar refractivity (Wildman–Crippen MR) is 66.5 cm³/mol. The zero-order chi connectivity index (χ0) is 11.2. The molecular weight excluding hydrogens is 218 g/mol. The lowest BCUT2D eigenvalue weighted by molar-refractivity contribution is 0.225. The summed E-state index contributed by atoms with van der Waals surface area (Å²) in [6.45, 7) is 0.217. The SMILES string of the molecule is OCC(Cc1ccccc1)Cc1nccs1. The van der Waals surface area contributed by atoms with Gasteiger partial charge in [-0.15, -0.1) is 11.3 Å². The summed E-state index contributed by atoms with van der Waals surface area (Å²) in [4.78, 5) is 4.25. The second-order valence-corrected chi connectivity index (χ2v) is 4.85. The molecular formula is C13H15NOS. The molecule has 0 radical (unpaired) electrons. The monoisotopic (exact) mass is 233 g/mol. The van der Waals surface area contributed by atoms with Crippen LogP contribution in [0.25, 0.3) is 0 Å². The molecule has 3 heteroatoms. The van der Waals surface area contributed by atoms with Crippen molar-refractivity contribution < 1.29 is 5.11 Å². The van der Waals surface area contributed by atoms with Gasteiger partial charge in [0.05, 0.1) is 5.01 Å². The topological polar surface area (TPSA) is 33.1 Å². The highest BCUT2D eigenvalue weighted by atomic mass is 32.1. The summed E-state index contributed by atoms with van der Waals surface area (Å²) in [6.07, 6.45) is 3.59. The van der Waals surface area contributed by atoms with E-state index in [-0.39, 0.29) is 12.5 Å². The van der Waals surface area contributed by atoms with Crippen molar-refractivity contribution in [3.05, 3.63) is 52.5 Å². The highest BCUT2D eigenvalue weighted by Gasteiger charge is 2.10. The van der Waals surface area contributed by atoms with Crippen molar-refractivity contribution in [3.63, 3.8) is 0 Å². The molecule has 2 aromatic rings. The summed E-state index contributed by atoms with van der Waals surface area (Å²) in [5.74, 6) is 0.272. The minimum absolute atomic E-state index is 0.217. The Hall–Kier alpha value is -1.19. The number of nitrogens with zero attached hydrogens (tertiary/aromatic N) is 1. The Morgan fingerprint density at radius 3 is 2.62 bits per heavy atom. The normalized spacial score (nSPS) is 12.6. The Morgan fingerprint density at radius 2 is 2.00 bits per heavy atom. The fraction of sp³-hybridized carbons (Fsp3) is 0.308. The van der Waals surface area contributed by atoms with E-state index in [1.807, 2.05) is 29.8 Å². The zero-order valence-corrected chi connectivity index (χ0v) is 9.86. The lowest BCUT2D eigenvalue weighted by atomic mass is 9.97. The van der Waals surface area contributed by atoms with E-state index in [4.69, 9.17) is 0 Å². The Bertz CT molecular complexity index is 399. The van der Waals surface area contributed by atoms with Crippen molar-refractivity contribution in [2.24, 2.45) is 5.92 Å². The molecule has 1 aromatic heterocycles. The molecule has 0 amide bonds. The van der Waals surface area contributed by atoms with Crippen LogP contribution in [0.5, 0.6) is 0 Å². The minimum Gasteiger partial charge on any atom is -0.396 e. The summed E-state index contributed by atoms with van der Waals surface area (Å²) < 4.78 is 0. The van der Waals surface area contributed by atoms with Gasteiger partial charge >= 0.3 is 0 Å². The minimum atomic E-state index is 0.217. The fourth-order valence-electron chi connectivity index (χ4n) is 1.75. The zero-order valence-electron chi connectivity index (χ0n) is 9.04. The Balaban J connectivity index is 1.96. The van der Waals surface area contributed by atoms with Crippen LogP contribution in [-0.4, -0.2) is 16.7 Å². The smallest absolute Gasteiger partial charge is 0.0928 e. The van der Waals surface area contributed by atoms with Gasteiger partial charge in [0.25, 0.3) is 0 Å². The highest BCUT2D eigenvalue weighted by molar-refractivity contribution is 7.09. The van der Waals surface area contributed by atoms with Gasteiger partial charge in [-0.2, -0.15) is 0 Å². The second-order valence-electron chi connectivity index (χ2n) is 3.87. The van der Waals surface area contributed by atoms with Gasteiger partial charge in [0.1, 0.15) is 0 Å². The van der Waals surface area contributed by atoms with Gasteiger partial charge in [-0.3, -0.25) is 0 Å². The van der Waals surface area contributed by atoms with E-state index in [9.17, 15) is 5.11 Å². The molecule has 0 saturated carbocycles. The number of aliphatic hydroxyl groups is 1. The summed E-state index contributed by atoms with van der Waals surface area (Å²) in [5.41, 5.74) is 1.28. The van der Waals surface area contributed by atoms with Crippen molar-refractivity contribution >= 4 is 11.3 Å². The lowest BCUT2D eigenvalue weighted by Gasteiger charge is -2.12. The molecule has 0 spiro atoms. The van der Waals surface area contributed by atoms with Crippen LogP contribution < -0.4 is 0 Å². The third-order valence-corrected chi connectivity index (χ3v) is 3.37. The third-order valence-electron chi connectivity index (χ3n) is 2.57. The van der Waals surface area contributed by atoms with Crippen LogP contribution in [0.15, 0.2) is 41.9 Å². The molecule has 1 aromatic carbocycles. The number of benzene rings is 1. The summed E-state index contributed by atoms with van der Waals surface area (Å²) in [5, 5.41) is 12.4. The van der Waals surface area contributed by atoms with Crippen molar-refractivity contribution in [2.75, 3.05) is 6.61 Å². The maximum Gasteiger partial charge on any atom is 0.0928 e. The average molecular weight is 233 g/mol. The molecule has 2 nitrogen and oxygen atoms in total. The van der Waals surface area contributed by atoms with Crippen LogP contribution >= 0.6 is 11.3 Å². The van der Waals surface area contributed by atoms with Gasteiger partial charge in [0.15, 0.2) is 0 Å². The maximum atomic E-state index is 9.36. The largest absolute Gasteiger partial charge is 0.396 e.